The fraction of sp³-hybridized carbons (Fsp3) is 0.200. The molecule has 2 aliphatic heterocycles. The number of amides is 3. The standard InChI is InChI=1S/C15H12N4O6S2/c1-2-7-5-26-13-11(12(23)19(13)10(7)14(24)25)18(8(22)4-20)9-3-16-15(27-9)17-6-21/h2-4,6,11,13H,1,5H2,(H,24,25)(H,16,17,21)/t11?,13-/m0/s1. The van der Waals surface area contributed by atoms with Gasteiger partial charge in [0.15, 0.2) is 5.13 Å². The van der Waals surface area contributed by atoms with E-state index in [1.165, 1.54) is 24.0 Å². The summed E-state index contributed by atoms with van der Waals surface area (Å²) in [7, 11) is 0. The molecule has 10 nitrogen and oxygen atoms in total. The van der Waals surface area contributed by atoms with E-state index in [0.717, 1.165) is 21.1 Å². The molecule has 3 amide bonds. The summed E-state index contributed by atoms with van der Waals surface area (Å²) in [4.78, 5) is 64.1. The minimum atomic E-state index is -1.27. The number of β-lactam (4-membered cyclic amide) rings is 1. The van der Waals surface area contributed by atoms with Gasteiger partial charge in [-0.15, -0.1) is 11.8 Å². The van der Waals surface area contributed by atoms with Crippen LogP contribution < -0.4 is 10.2 Å². The Morgan fingerprint density at radius 1 is 1.44 bits per heavy atom. The molecule has 27 heavy (non-hydrogen) atoms. The molecule has 2 aliphatic rings. The molecule has 3 rings (SSSR count). The summed E-state index contributed by atoms with van der Waals surface area (Å²) in [5.74, 6) is -2.58. The van der Waals surface area contributed by atoms with Gasteiger partial charge in [-0.1, -0.05) is 24.0 Å². The largest absolute Gasteiger partial charge is 0.477 e. The first-order valence-corrected chi connectivity index (χ1v) is 9.29. The minimum Gasteiger partial charge on any atom is -0.477 e. The summed E-state index contributed by atoms with van der Waals surface area (Å²) in [5, 5.41) is 11.5. The highest BCUT2D eigenvalue weighted by Crippen LogP contribution is 2.44. The average molecular weight is 408 g/mol. The smallest absolute Gasteiger partial charge is 0.352 e. The van der Waals surface area contributed by atoms with E-state index in [1.54, 1.807) is 0 Å². The Kier molecular flexibility index (Phi) is 5.10. The lowest BCUT2D eigenvalue weighted by Gasteiger charge is -2.51. The molecule has 0 saturated carbocycles. The van der Waals surface area contributed by atoms with Gasteiger partial charge >= 0.3 is 5.97 Å². The van der Waals surface area contributed by atoms with Gasteiger partial charge in [-0.05, 0) is 5.57 Å². The number of carbonyl (C=O) groups is 5. The van der Waals surface area contributed by atoms with E-state index in [-0.39, 0.29) is 22.1 Å². The minimum absolute atomic E-state index is 0.0685. The number of aliphatic carboxylic acids is 1. The van der Waals surface area contributed by atoms with Crippen LogP contribution in [0.5, 0.6) is 0 Å². The monoisotopic (exact) mass is 408 g/mol. The molecular formula is C15H12N4O6S2. The predicted octanol–water partition coefficient (Wildman–Crippen LogP) is 0.0517. The third kappa shape index (κ3) is 3.02. The highest BCUT2D eigenvalue weighted by Gasteiger charge is 2.57. The molecule has 2 atom stereocenters. The Morgan fingerprint density at radius 3 is 2.78 bits per heavy atom. The van der Waals surface area contributed by atoms with Gasteiger partial charge in [0.05, 0.1) is 6.20 Å². The van der Waals surface area contributed by atoms with E-state index < -0.39 is 29.2 Å². The van der Waals surface area contributed by atoms with Crippen LogP contribution in [0.15, 0.2) is 30.1 Å². The van der Waals surface area contributed by atoms with Crippen molar-refractivity contribution in [1.29, 1.82) is 0 Å². The van der Waals surface area contributed by atoms with E-state index in [0.29, 0.717) is 17.7 Å². The summed E-state index contributed by atoms with van der Waals surface area (Å²) in [6.07, 6.45) is 3.11. The number of aromatic nitrogens is 1. The first kappa shape index (κ1) is 18.8. The quantitative estimate of drug-likeness (QED) is 0.367. The maximum Gasteiger partial charge on any atom is 0.352 e. The van der Waals surface area contributed by atoms with Gasteiger partial charge in [-0.3, -0.25) is 29.0 Å². The number of hydrogen-bond donors (Lipinski definition) is 2. The molecule has 0 bridgehead atoms. The second-order valence-electron chi connectivity index (χ2n) is 5.33. The number of aldehydes is 1. The van der Waals surface area contributed by atoms with E-state index >= 15 is 0 Å². The highest BCUT2D eigenvalue weighted by molar-refractivity contribution is 8.00. The SMILES string of the molecule is C=CC1=C(C(=O)O)N2C(=O)C(N(C(=O)C=O)c3cnc(NC=O)s3)[C@@H]2SC1. The number of anilines is 2. The summed E-state index contributed by atoms with van der Waals surface area (Å²) in [6.45, 7) is 3.56. The molecule has 140 valence electrons. The van der Waals surface area contributed by atoms with Crippen LogP contribution in [0.4, 0.5) is 10.1 Å². The molecule has 12 heteroatoms. The van der Waals surface area contributed by atoms with Crippen LogP contribution in [-0.4, -0.2) is 62.6 Å². The van der Waals surface area contributed by atoms with Crippen LogP contribution >= 0.6 is 23.1 Å². The summed E-state index contributed by atoms with van der Waals surface area (Å²) >= 11 is 2.17. The number of nitrogens with one attached hydrogen (secondary N) is 1. The van der Waals surface area contributed by atoms with Gasteiger partial charge in [-0.25, -0.2) is 9.78 Å². The molecule has 0 aliphatic carbocycles. The zero-order chi connectivity index (χ0) is 19.7. The third-order valence-corrected chi connectivity index (χ3v) is 6.16. The number of carbonyl (C=O) groups excluding carboxylic acids is 4. The number of rotatable bonds is 7. The number of carboxylic acid groups (broad SMARTS) is 1. The van der Waals surface area contributed by atoms with Crippen molar-refractivity contribution in [1.82, 2.24) is 9.88 Å². The van der Waals surface area contributed by atoms with Crippen molar-refractivity contribution in [3.63, 3.8) is 0 Å². The lowest BCUT2D eigenvalue weighted by Crippen LogP contribution is -2.71. The van der Waals surface area contributed by atoms with Gasteiger partial charge < -0.3 is 10.4 Å². The van der Waals surface area contributed by atoms with Gasteiger partial charge in [0, 0.05) is 5.75 Å². The topological polar surface area (TPSA) is 137 Å². The van der Waals surface area contributed by atoms with Gasteiger partial charge in [-0.2, -0.15) is 0 Å². The fourth-order valence-corrected chi connectivity index (χ4v) is 5.02. The van der Waals surface area contributed by atoms with E-state index in [9.17, 15) is 29.1 Å². The zero-order valence-corrected chi connectivity index (χ0v) is 15.2. The number of nitrogens with zero attached hydrogens (tertiary/aromatic N) is 3. The maximum atomic E-state index is 12.7. The molecule has 0 spiro atoms. The first-order valence-electron chi connectivity index (χ1n) is 7.42. The van der Waals surface area contributed by atoms with Gasteiger partial charge in [0.2, 0.25) is 12.7 Å². The number of carboxylic acids is 1. The van der Waals surface area contributed by atoms with Crippen LogP contribution in [0.2, 0.25) is 0 Å². The number of allylic oxidation sites excluding steroid dienone is 1. The molecule has 1 aromatic heterocycles. The third-order valence-electron chi connectivity index (χ3n) is 3.95. The highest BCUT2D eigenvalue weighted by atomic mass is 32.2. The Hall–Kier alpha value is -2.99. The van der Waals surface area contributed by atoms with Crippen LogP contribution in [0.25, 0.3) is 0 Å². The molecule has 3 heterocycles. The average Bonchev–Trinajstić information content (AvgIpc) is 3.12. The van der Waals surface area contributed by atoms with Gasteiger partial charge in [0.25, 0.3) is 11.8 Å². The lowest BCUT2D eigenvalue weighted by atomic mass is 10.0. The van der Waals surface area contributed by atoms with Crippen LogP contribution in [0, 0.1) is 0 Å². The summed E-state index contributed by atoms with van der Waals surface area (Å²) < 4.78 is 0. The summed E-state index contributed by atoms with van der Waals surface area (Å²) in [5.41, 5.74) is 0.222. The Balaban J connectivity index is 1.97. The molecule has 0 radical (unpaired) electrons. The summed E-state index contributed by atoms with van der Waals surface area (Å²) in [6, 6.07) is -1.06. The number of thiazole rings is 1. The Labute approximate surface area is 160 Å². The van der Waals surface area contributed by atoms with Crippen molar-refractivity contribution in [3.8, 4) is 0 Å². The molecule has 1 fully saturated rings. The number of thioether (sulfide) groups is 1. The molecule has 1 aromatic rings. The Bertz CT molecular complexity index is 895. The Morgan fingerprint density at radius 2 is 2.19 bits per heavy atom. The molecular weight excluding hydrogens is 396 g/mol. The van der Waals surface area contributed by atoms with Gasteiger partial charge in [0.1, 0.15) is 22.1 Å². The van der Waals surface area contributed by atoms with Crippen molar-refractivity contribution < 1.29 is 29.1 Å². The predicted molar refractivity (Wildman–Crippen MR) is 97.1 cm³/mol. The second kappa shape index (κ2) is 7.32. The number of fused-ring (bicyclic) bond motifs is 1. The lowest BCUT2D eigenvalue weighted by molar-refractivity contribution is -0.149. The van der Waals surface area contributed by atoms with E-state index in [1.807, 2.05) is 0 Å². The molecule has 2 N–H and O–H groups in total. The van der Waals surface area contributed by atoms with Crippen LogP contribution in [0.3, 0.4) is 0 Å². The molecule has 1 saturated heterocycles. The fourth-order valence-electron chi connectivity index (χ4n) is 2.82. The van der Waals surface area contributed by atoms with Crippen molar-refractivity contribution >= 4 is 63.7 Å². The number of hydrogen-bond acceptors (Lipinski definition) is 8. The molecule has 1 unspecified atom stereocenters. The van der Waals surface area contributed by atoms with Crippen molar-refractivity contribution in [2.45, 2.75) is 11.4 Å². The van der Waals surface area contributed by atoms with Crippen molar-refractivity contribution in [2.24, 2.45) is 0 Å². The van der Waals surface area contributed by atoms with Crippen molar-refractivity contribution in [3.05, 3.63) is 30.1 Å². The van der Waals surface area contributed by atoms with Crippen LogP contribution in [-0.2, 0) is 24.0 Å². The molecule has 0 aromatic carbocycles. The zero-order valence-electron chi connectivity index (χ0n) is 13.5. The van der Waals surface area contributed by atoms with Crippen molar-refractivity contribution in [2.75, 3.05) is 16.0 Å². The maximum absolute atomic E-state index is 12.7. The second-order valence-corrected chi connectivity index (χ2v) is 7.44. The van der Waals surface area contributed by atoms with E-state index in [4.69, 9.17) is 0 Å². The van der Waals surface area contributed by atoms with E-state index in [2.05, 4.69) is 16.9 Å². The van der Waals surface area contributed by atoms with Crippen LogP contribution in [0.1, 0.15) is 0 Å². The first-order chi connectivity index (χ1) is 12.9. The normalized spacial score (nSPS) is 21.0.